The summed E-state index contributed by atoms with van der Waals surface area (Å²) in [6.45, 7) is 1.17. The first kappa shape index (κ1) is 9.28. The summed E-state index contributed by atoms with van der Waals surface area (Å²) in [4.78, 5) is 22.3. The summed E-state index contributed by atoms with van der Waals surface area (Å²) in [7, 11) is 0. The molecule has 6 heteroatoms. The third-order valence-electron chi connectivity index (χ3n) is 1.75. The van der Waals surface area contributed by atoms with Crippen LogP contribution < -0.4 is 5.32 Å². The number of carbonyl (C=O) groups is 2. The number of amides is 1. The van der Waals surface area contributed by atoms with Crippen molar-refractivity contribution in [1.82, 2.24) is 10.2 Å². The Kier molecular flexibility index (Phi) is 2.88. The predicted octanol–water partition coefficient (Wildman–Crippen LogP) is -0.296. The molecule has 1 aliphatic rings. The van der Waals surface area contributed by atoms with Gasteiger partial charge in [-0.3, -0.25) is 9.69 Å². The zero-order chi connectivity index (χ0) is 9.14. The molecule has 1 aliphatic heterocycles. The van der Waals surface area contributed by atoms with Gasteiger partial charge >= 0.3 is 6.09 Å². The standard InChI is InChI=1S/C6H9ClN2O3/c7-5(10)4-3-8-1-2-9(4)6(11)12/h4,8H,1-3H2,(H,11,12). The van der Waals surface area contributed by atoms with Gasteiger partial charge in [-0.2, -0.15) is 0 Å². The second kappa shape index (κ2) is 3.73. The number of carbonyl (C=O) groups excluding carboxylic acids is 1. The summed E-state index contributed by atoms with van der Waals surface area (Å²) in [6, 6.07) is -0.738. The number of carboxylic acid groups (broad SMARTS) is 1. The van der Waals surface area contributed by atoms with E-state index in [-0.39, 0.29) is 0 Å². The number of rotatable bonds is 1. The van der Waals surface area contributed by atoms with Gasteiger partial charge in [0.2, 0.25) is 5.24 Å². The van der Waals surface area contributed by atoms with Crippen LogP contribution in [0, 0.1) is 0 Å². The van der Waals surface area contributed by atoms with Gasteiger partial charge in [0.1, 0.15) is 6.04 Å². The van der Waals surface area contributed by atoms with Crippen molar-refractivity contribution in [2.24, 2.45) is 0 Å². The molecule has 0 aromatic heterocycles. The molecule has 0 saturated carbocycles. The van der Waals surface area contributed by atoms with Crippen molar-refractivity contribution in [2.75, 3.05) is 19.6 Å². The van der Waals surface area contributed by atoms with E-state index < -0.39 is 17.4 Å². The predicted molar refractivity (Wildman–Crippen MR) is 42.2 cm³/mol. The molecule has 0 bridgehead atoms. The van der Waals surface area contributed by atoms with E-state index in [1.54, 1.807) is 0 Å². The maximum atomic E-state index is 10.7. The molecule has 0 radical (unpaired) electrons. The molecule has 0 aromatic rings. The van der Waals surface area contributed by atoms with E-state index in [9.17, 15) is 9.59 Å². The van der Waals surface area contributed by atoms with Crippen molar-refractivity contribution in [2.45, 2.75) is 6.04 Å². The largest absolute Gasteiger partial charge is 0.465 e. The highest BCUT2D eigenvalue weighted by Crippen LogP contribution is 2.06. The average Bonchev–Trinajstić information content (AvgIpc) is 2.04. The Bertz CT molecular complexity index is 187. The second-order valence-electron chi connectivity index (χ2n) is 2.50. The minimum atomic E-state index is -1.10. The smallest absolute Gasteiger partial charge is 0.408 e. The number of nitrogens with one attached hydrogen (secondary N) is 1. The molecule has 1 heterocycles. The van der Waals surface area contributed by atoms with E-state index in [4.69, 9.17) is 16.7 Å². The van der Waals surface area contributed by atoms with Crippen LogP contribution in [0.2, 0.25) is 0 Å². The van der Waals surface area contributed by atoms with E-state index in [2.05, 4.69) is 5.32 Å². The van der Waals surface area contributed by atoms with Crippen LogP contribution >= 0.6 is 11.6 Å². The van der Waals surface area contributed by atoms with Crippen LogP contribution in [-0.4, -0.2) is 47.0 Å². The zero-order valence-corrected chi connectivity index (χ0v) is 7.04. The van der Waals surface area contributed by atoms with Crippen molar-refractivity contribution in [3.8, 4) is 0 Å². The zero-order valence-electron chi connectivity index (χ0n) is 6.29. The van der Waals surface area contributed by atoms with E-state index in [1.807, 2.05) is 0 Å². The van der Waals surface area contributed by atoms with Gasteiger partial charge in [0.15, 0.2) is 0 Å². The van der Waals surface area contributed by atoms with Crippen molar-refractivity contribution in [1.29, 1.82) is 0 Å². The highest BCUT2D eigenvalue weighted by Gasteiger charge is 2.30. The van der Waals surface area contributed by atoms with Crippen LogP contribution in [0.4, 0.5) is 4.79 Å². The molecule has 1 saturated heterocycles. The van der Waals surface area contributed by atoms with Crippen molar-refractivity contribution in [3.63, 3.8) is 0 Å². The third-order valence-corrected chi connectivity index (χ3v) is 2.00. The fourth-order valence-corrected chi connectivity index (χ4v) is 1.33. The molecule has 1 unspecified atom stereocenters. The summed E-state index contributed by atoms with van der Waals surface area (Å²) in [5.74, 6) is 0. The molecule has 1 rings (SSSR count). The van der Waals surface area contributed by atoms with E-state index in [1.165, 1.54) is 0 Å². The molecule has 12 heavy (non-hydrogen) atoms. The Morgan fingerprint density at radius 3 is 2.67 bits per heavy atom. The first-order chi connectivity index (χ1) is 5.63. The van der Waals surface area contributed by atoms with Gasteiger partial charge in [0.05, 0.1) is 0 Å². The highest BCUT2D eigenvalue weighted by molar-refractivity contribution is 6.64. The number of nitrogens with zero attached hydrogens (tertiary/aromatic N) is 1. The highest BCUT2D eigenvalue weighted by atomic mass is 35.5. The van der Waals surface area contributed by atoms with Crippen LogP contribution in [0.5, 0.6) is 0 Å². The summed E-state index contributed by atoms with van der Waals surface area (Å²) < 4.78 is 0. The van der Waals surface area contributed by atoms with Gasteiger partial charge in [-0.05, 0) is 11.6 Å². The SMILES string of the molecule is O=C(Cl)C1CNCCN1C(=O)O. The Labute approximate surface area is 74.3 Å². The quantitative estimate of drug-likeness (QED) is 0.560. The van der Waals surface area contributed by atoms with Gasteiger partial charge in [0.25, 0.3) is 0 Å². The molecule has 0 aliphatic carbocycles. The van der Waals surface area contributed by atoms with E-state index in [0.29, 0.717) is 19.6 Å². The van der Waals surface area contributed by atoms with Gasteiger partial charge < -0.3 is 10.4 Å². The fourth-order valence-electron chi connectivity index (χ4n) is 1.14. The number of hydrogen-bond acceptors (Lipinski definition) is 3. The van der Waals surface area contributed by atoms with Crippen molar-refractivity contribution in [3.05, 3.63) is 0 Å². The number of halogens is 1. The number of hydrogen-bond donors (Lipinski definition) is 2. The lowest BCUT2D eigenvalue weighted by Gasteiger charge is -2.31. The molecule has 68 valence electrons. The number of piperazine rings is 1. The third kappa shape index (κ3) is 1.86. The summed E-state index contributed by atoms with van der Waals surface area (Å²) in [6.07, 6.45) is -1.10. The van der Waals surface area contributed by atoms with Crippen LogP contribution in [0.3, 0.4) is 0 Å². The lowest BCUT2D eigenvalue weighted by Crippen LogP contribution is -2.55. The fraction of sp³-hybridized carbons (Fsp3) is 0.667. The summed E-state index contributed by atoms with van der Waals surface area (Å²) in [5, 5.41) is 10.9. The molecule has 1 fully saturated rings. The molecular weight excluding hydrogens is 184 g/mol. The van der Waals surface area contributed by atoms with E-state index in [0.717, 1.165) is 4.90 Å². The van der Waals surface area contributed by atoms with Crippen LogP contribution in [-0.2, 0) is 4.79 Å². The summed E-state index contributed by atoms with van der Waals surface area (Å²) in [5.41, 5.74) is 0. The molecule has 1 amide bonds. The average molecular weight is 193 g/mol. The van der Waals surface area contributed by atoms with Gasteiger partial charge in [-0.15, -0.1) is 0 Å². The lowest BCUT2D eigenvalue weighted by atomic mass is 10.2. The lowest BCUT2D eigenvalue weighted by molar-refractivity contribution is -0.116. The Hall–Kier alpha value is -0.810. The minimum absolute atomic E-state index is 0.300. The molecule has 2 N–H and O–H groups in total. The van der Waals surface area contributed by atoms with Crippen LogP contribution in [0.25, 0.3) is 0 Å². The van der Waals surface area contributed by atoms with Crippen molar-refractivity contribution >= 4 is 22.9 Å². The summed E-state index contributed by atoms with van der Waals surface area (Å²) >= 11 is 5.21. The van der Waals surface area contributed by atoms with Gasteiger partial charge in [0, 0.05) is 19.6 Å². The van der Waals surface area contributed by atoms with E-state index >= 15 is 0 Å². The molecule has 0 aromatic carbocycles. The Morgan fingerprint density at radius 2 is 2.25 bits per heavy atom. The van der Waals surface area contributed by atoms with Gasteiger partial charge in [-0.25, -0.2) is 4.79 Å². The van der Waals surface area contributed by atoms with Crippen molar-refractivity contribution < 1.29 is 14.7 Å². The monoisotopic (exact) mass is 192 g/mol. The van der Waals surface area contributed by atoms with Gasteiger partial charge in [-0.1, -0.05) is 0 Å². The Balaban J connectivity index is 2.67. The molecular formula is C6H9ClN2O3. The molecule has 0 spiro atoms. The second-order valence-corrected chi connectivity index (χ2v) is 2.87. The molecule has 5 nitrogen and oxygen atoms in total. The normalized spacial score (nSPS) is 23.8. The first-order valence-electron chi connectivity index (χ1n) is 3.52. The Morgan fingerprint density at radius 1 is 1.58 bits per heavy atom. The maximum absolute atomic E-state index is 10.7. The molecule has 1 atom stereocenters. The van der Waals surface area contributed by atoms with Crippen LogP contribution in [0.1, 0.15) is 0 Å². The first-order valence-corrected chi connectivity index (χ1v) is 3.90. The topological polar surface area (TPSA) is 69.6 Å². The van der Waals surface area contributed by atoms with Crippen LogP contribution in [0.15, 0.2) is 0 Å². The maximum Gasteiger partial charge on any atom is 0.408 e. The minimum Gasteiger partial charge on any atom is -0.465 e.